The Kier molecular flexibility index (Phi) is 5.18. The van der Waals surface area contributed by atoms with Gasteiger partial charge in [-0.2, -0.15) is 5.10 Å². The van der Waals surface area contributed by atoms with Gasteiger partial charge in [0.15, 0.2) is 5.03 Å². The first-order valence-electron chi connectivity index (χ1n) is 8.81. The van der Waals surface area contributed by atoms with Crippen molar-refractivity contribution in [1.82, 2.24) is 24.5 Å². The summed E-state index contributed by atoms with van der Waals surface area (Å²) in [5.74, 6) is 0.663. The zero-order chi connectivity index (χ0) is 20.4. The van der Waals surface area contributed by atoms with Crippen molar-refractivity contribution >= 4 is 10.0 Å². The molecule has 0 spiro atoms. The van der Waals surface area contributed by atoms with Gasteiger partial charge in [-0.05, 0) is 18.2 Å². The lowest BCUT2D eigenvalue weighted by atomic mass is 10.1. The van der Waals surface area contributed by atoms with Crippen molar-refractivity contribution in [2.75, 3.05) is 20.3 Å². The summed E-state index contributed by atoms with van der Waals surface area (Å²) in [5, 5.41) is 4.40. The summed E-state index contributed by atoms with van der Waals surface area (Å²) >= 11 is 0. The molecule has 2 N–H and O–H groups in total. The zero-order valence-electron chi connectivity index (χ0n) is 15.5. The summed E-state index contributed by atoms with van der Waals surface area (Å²) in [7, 11) is -2.26. The van der Waals surface area contributed by atoms with E-state index >= 15 is 0 Å². The largest absolute Gasteiger partial charge is 0.497 e. The Morgan fingerprint density at radius 1 is 1.28 bits per heavy atom. The van der Waals surface area contributed by atoms with Crippen molar-refractivity contribution in [3.8, 4) is 17.0 Å². The molecule has 0 aliphatic carbocycles. The van der Waals surface area contributed by atoms with Gasteiger partial charge in [0.25, 0.3) is 15.6 Å². The maximum absolute atomic E-state index is 12.5. The van der Waals surface area contributed by atoms with Crippen LogP contribution in [0.15, 0.2) is 58.7 Å². The van der Waals surface area contributed by atoms with Crippen molar-refractivity contribution in [3.05, 3.63) is 59.3 Å². The van der Waals surface area contributed by atoms with Gasteiger partial charge < -0.3 is 14.5 Å². The monoisotopic (exact) mass is 417 g/mol. The normalized spacial score (nSPS) is 19.3. The lowest BCUT2D eigenvalue weighted by molar-refractivity contribution is 0.182. The van der Waals surface area contributed by atoms with E-state index in [-0.39, 0.29) is 23.8 Å². The van der Waals surface area contributed by atoms with Gasteiger partial charge in [0.2, 0.25) is 0 Å². The lowest BCUT2D eigenvalue weighted by Gasteiger charge is -2.20. The van der Waals surface area contributed by atoms with Crippen LogP contribution < -0.4 is 15.0 Å². The number of sulfonamides is 1. The molecule has 3 aromatic rings. The van der Waals surface area contributed by atoms with Crippen molar-refractivity contribution in [3.63, 3.8) is 0 Å². The van der Waals surface area contributed by atoms with Crippen LogP contribution in [0.4, 0.5) is 0 Å². The quantitative estimate of drug-likeness (QED) is 0.600. The number of benzene rings is 1. The maximum atomic E-state index is 12.5. The van der Waals surface area contributed by atoms with E-state index in [0.717, 1.165) is 5.56 Å². The highest BCUT2D eigenvalue weighted by molar-refractivity contribution is 7.89. The van der Waals surface area contributed by atoms with Crippen LogP contribution in [-0.2, 0) is 14.8 Å². The fraction of sp³-hybridized carbons (Fsp3) is 0.278. The van der Waals surface area contributed by atoms with Gasteiger partial charge in [0, 0.05) is 11.6 Å². The molecule has 0 radical (unpaired) electrons. The molecule has 0 saturated carbocycles. The van der Waals surface area contributed by atoms with E-state index in [1.165, 1.54) is 23.3 Å². The molecule has 10 nitrogen and oxygen atoms in total. The number of nitrogens with one attached hydrogen (secondary N) is 2. The van der Waals surface area contributed by atoms with Gasteiger partial charge >= 0.3 is 0 Å². The molecule has 1 aliphatic rings. The Bertz CT molecular complexity index is 1160. The molecule has 152 valence electrons. The molecule has 0 bridgehead atoms. The number of methoxy groups -OCH3 is 1. The number of aromatic amines is 1. The second-order valence-corrected chi connectivity index (χ2v) is 8.16. The molecule has 1 aliphatic heterocycles. The number of H-pyrrole nitrogens is 1. The van der Waals surface area contributed by atoms with E-state index in [0.29, 0.717) is 11.4 Å². The first-order chi connectivity index (χ1) is 14.0. The van der Waals surface area contributed by atoms with Gasteiger partial charge in [-0.1, -0.05) is 12.1 Å². The fourth-order valence-corrected chi connectivity index (χ4v) is 4.31. The molecule has 1 fully saturated rings. The van der Waals surface area contributed by atoms with Crippen molar-refractivity contribution in [2.45, 2.75) is 17.1 Å². The predicted octanol–water partition coefficient (Wildman–Crippen LogP) is 0.560. The Balaban J connectivity index is 1.65. The third-order valence-corrected chi connectivity index (χ3v) is 6.04. The number of hydrogen-bond donors (Lipinski definition) is 2. The molecule has 29 heavy (non-hydrogen) atoms. The first-order valence-corrected chi connectivity index (χ1v) is 10.3. The smallest absolute Gasteiger partial charge is 0.267 e. The second kappa shape index (κ2) is 7.78. The molecule has 2 atom stereocenters. The van der Waals surface area contributed by atoms with E-state index in [2.05, 4.69) is 19.8 Å². The molecule has 4 rings (SSSR count). The van der Waals surface area contributed by atoms with Crippen molar-refractivity contribution in [1.29, 1.82) is 0 Å². The van der Waals surface area contributed by atoms with Crippen LogP contribution >= 0.6 is 0 Å². The number of hydrogen-bond acceptors (Lipinski definition) is 7. The highest BCUT2D eigenvalue weighted by atomic mass is 32.2. The topological polar surface area (TPSA) is 128 Å². The minimum atomic E-state index is -3.83. The predicted molar refractivity (Wildman–Crippen MR) is 103 cm³/mol. The maximum Gasteiger partial charge on any atom is 0.267 e. The number of imidazole rings is 1. The van der Waals surface area contributed by atoms with Crippen LogP contribution in [0.25, 0.3) is 11.3 Å². The summed E-state index contributed by atoms with van der Waals surface area (Å²) in [6, 6.07) is 9.06. The van der Waals surface area contributed by atoms with Gasteiger partial charge in [0.05, 0.1) is 50.6 Å². The Labute approximate surface area is 166 Å². The zero-order valence-corrected chi connectivity index (χ0v) is 16.3. The highest BCUT2D eigenvalue weighted by Gasteiger charge is 2.35. The van der Waals surface area contributed by atoms with E-state index in [9.17, 15) is 13.2 Å². The number of aromatic nitrogens is 4. The van der Waals surface area contributed by atoms with E-state index in [1.54, 1.807) is 19.2 Å². The van der Waals surface area contributed by atoms with Crippen LogP contribution in [0.5, 0.6) is 5.75 Å². The Morgan fingerprint density at radius 2 is 2.14 bits per heavy atom. The van der Waals surface area contributed by atoms with E-state index in [1.807, 2.05) is 18.2 Å². The highest BCUT2D eigenvalue weighted by Crippen LogP contribution is 2.24. The average molecular weight is 417 g/mol. The van der Waals surface area contributed by atoms with E-state index in [4.69, 9.17) is 9.47 Å². The molecule has 11 heteroatoms. The van der Waals surface area contributed by atoms with Gasteiger partial charge in [-0.3, -0.25) is 4.79 Å². The van der Waals surface area contributed by atoms with Crippen LogP contribution in [0.3, 0.4) is 0 Å². The minimum Gasteiger partial charge on any atom is -0.497 e. The molecule has 1 aromatic carbocycles. The summed E-state index contributed by atoms with van der Waals surface area (Å²) in [5.41, 5.74) is 0.982. The SMILES string of the molecule is COc1cccc(-c2ccc(=O)n(C3COCC3NS(=O)(=O)c3cnc[nH]3)n2)c1. The number of nitrogens with zero attached hydrogens (tertiary/aromatic N) is 3. The van der Waals surface area contributed by atoms with Crippen LogP contribution in [0, 0.1) is 0 Å². The third-order valence-electron chi connectivity index (χ3n) is 4.62. The summed E-state index contributed by atoms with van der Waals surface area (Å²) in [4.78, 5) is 18.8. The summed E-state index contributed by atoms with van der Waals surface area (Å²) in [6.07, 6.45) is 2.49. The summed E-state index contributed by atoms with van der Waals surface area (Å²) < 4.78 is 39.5. The Morgan fingerprint density at radius 3 is 2.90 bits per heavy atom. The van der Waals surface area contributed by atoms with E-state index < -0.39 is 22.1 Å². The van der Waals surface area contributed by atoms with Crippen molar-refractivity contribution in [2.24, 2.45) is 0 Å². The molecule has 0 amide bonds. The minimum absolute atomic E-state index is 0.0615. The summed E-state index contributed by atoms with van der Waals surface area (Å²) in [6.45, 7) is 0.278. The van der Waals surface area contributed by atoms with Crippen LogP contribution in [0.2, 0.25) is 0 Å². The molecule has 2 aromatic heterocycles. The second-order valence-electron chi connectivity index (χ2n) is 6.48. The van der Waals surface area contributed by atoms with Gasteiger partial charge in [0.1, 0.15) is 5.75 Å². The molecule has 3 heterocycles. The molecular weight excluding hydrogens is 398 g/mol. The average Bonchev–Trinajstić information content (AvgIpc) is 3.41. The van der Waals surface area contributed by atoms with Gasteiger partial charge in [-0.15, -0.1) is 0 Å². The van der Waals surface area contributed by atoms with Crippen LogP contribution in [-0.4, -0.2) is 54.5 Å². The number of rotatable bonds is 6. The van der Waals surface area contributed by atoms with Gasteiger partial charge in [-0.25, -0.2) is 22.8 Å². The molecule has 1 saturated heterocycles. The standard InChI is InChI=1S/C18H19N5O5S/c1-27-13-4-2-3-12(7-13)14-5-6-18(24)23(21-14)16-10-28-9-15(16)22-29(25,26)17-8-19-11-20-17/h2-8,11,15-16,22H,9-10H2,1H3,(H,19,20). The number of ether oxygens (including phenoxy) is 2. The third kappa shape index (κ3) is 3.92. The molecule has 2 unspecified atom stereocenters. The Hall–Kier alpha value is -3.02. The first kappa shape index (κ1) is 19.3. The fourth-order valence-electron chi connectivity index (χ4n) is 3.15. The molecular formula is C18H19N5O5S. The van der Waals surface area contributed by atoms with Crippen LogP contribution in [0.1, 0.15) is 6.04 Å². The lowest BCUT2D eigenvalue weighted by Crippen LogP contribution is -2.44. The van der Waals surface area contributed by atoms with Crippen molar-refractivity contribution < 1.29 is 17.9 Å².